The zero-order valence-corrected chi connectivity index (χ0v) is 11.7. The fourth-order valence-electron chi connectivity index (χ4n) is 1.34. The molecule has 1 aromatic carbocycles. The molecule has 2 N–H and O–H groups in total. The summed E-state index contributed by atoms with van der Waals surface area (Å²) in [4.78, 5) is 2.15. The van der Waals surface area contributed by atoms with Gasteiger partial charge in [-0.2, -0.15) is 11.8 Å². The molecule has 0 radical (unpaired) electrons. The van der Waals surface area contributed by atoms with Gasteiger partial charge in [0.15, 0.2) is 0 Å². The number of thioether (sulfide) groups is 1. The van der Waals surface area contributed by atoms with E-state index in [1.165, 1.54) is 6.07 Å². The van der Waals surface area contributed by atoms with E-state index >= 15 is 0 Å². The fraction of sp³-hybridized carbons (Fsp3) is 0.429. The first-order chi connectivity index (χ1) is 8.63. The number of benzene rings is 1. The molecule has 0 heterocycles. The lowest BCUT2D eigenvalue weighted by Crippen LogP contribution is -2.14. The minimum absolute atomic E-state index is 0.251. The number of halogens is 1. The van der Waals surface area contributed by atoms with Gasteiger partial charge in [0.1, 0.15) is 5.82 Å². The first-order valence-electron chi connectivity index (χ1n) is 5.83. The van der Waals surface area contributed by atoms with Gasteiger partial charge in [-0.25, -0.2) is 4.39 Å². The summed E-state index contributed by atoms with van der Waals surface area (Å²) < 4.78 is 13.4. The molecule has 0 saturated heterocycles. The minimum atomic E-state index is -0.280. The van der Waals surface area contributed by atoms with Crippen LogP contribution in [0.4, 0.5) is 4.39 Å². The van der Waals surface area contributed by atoms with Gasteiger partial charge in [-0.05, 0) is 31.8 Å². The molecule has 1 aromatic rings. The van der Waals surface area contributed by atoms with Crippen molar-refractivity contribution in [1.82, 2.24) is 4.90 Å². The molecule has 0 spiro atoms. The second kappa shape index (κ2) is 8.15. The zero-order chi connectivity index (χ0) is 13.4. The van der Waals surface area contributed by atoms with E-state index in [9.17, 15) is 4.39 Å². The molecule has 0 amide bonds. The second-order valence-electron chi connectivity index (χ2n) is 4.18. The molecule has 0 aromatic heterocycles. The average Bonchev–Trinajstić information content (AvgIpc) is 2.34. The Hall–Kier alpha value is -1.02. The molecule has 2 nitrogen and oxygen atoms in total. The van der Waals surface area contributed by atoms with Gasteiger partial charge in [0, 0.05) is 18.1 Å². The third-order valence-electron chi connectivity index (χ3n) is 2.31. The maximum Gasteiger partial charge on any atom is 0.138 e. The highest BCUT2D eigenvalue weighted by Crippen LogP contribution is 2.15. The molecule has 0 aliphatic rings. The van der Waals surface area contributed by atoms with E-state index in [0.717, 1.165) is 23.6 Å². The van der Waals surface area contributed by atoms with Crippen molar-refractivity contribution in [2.75, 3.05) is 32.9 Å². The topological polar surface area (TPSA) is 29.3 Å². The van der Waals surface area contributed by atoms with Crippen molar-refractivity contribution in [2.24, 2.45) is 5.73 Å². The Labute approximate surface area is 113 Å². The zero-order valence-electron chi connectivity index (χ0n) is 10.9. The normalized spacial score (nSPS) is 10.3. The predicted octanol–water partition coefficient (Wildman–Crippen LogP) is 1.93. The Morgan fingerprint density at radius 1 is 1.39 bits per heavy atom. The van der Waals surface area contributed by atoms with Crippen LogP contribution in [-0.2, 0) is 5.75 Å². The molecule has 0 unspecified atom stereocenters. The first kappa shape index (κ1) is 15.0. The van der Waals surface area contributed by atoms with Gasteiger partial charge in [-0.3, -0.25) is 0 Å². The monoisotopic (exact) mass is 266 g/mol. The summed E-state index contributed by atoms with van der Waals surface area (Å²) in [6, 6.07) is 5.09. The number of hydrogen-bond donors (Lipinski definition) is 1. The number of nitrogens with zero attached hydrogens (tertiary/aromatic N) is 1. The summed E-state index contributed by atoms with van der Waals surface area (Å²) in [5.41, 5.74) is 6.82. The van der Waals surface area contributed by atoms with Gasteiger partial charge in [-0.1, -0.05) is 17.9 Å². The predicted molar refractivity (Wildman–Crippen MR) is 77.0 cm³/mol. The molecule has 0 saturated carbocycles. The van der Waals surface area contributed by atoms with Crippen LogP contribution in [0.5, 0.6) is 0 Å². The summed E-state index contributed by atoms with van der Waals surface area (Å²) in [6.45, 7) is 1.30. The van der Waals surface area contributed by atoms with Crippen LogP contribution in [-0.4, -0.2) is 37.8 Å². The van der Waals surface area contributed by atoms with Gasteiger partial charge < -0.3 is 10.6 Å². The van der Waals surface area contributed by atoms with Gasteiger partial charge >= 0.3 is 0 Å². The summed E-state index contributed by atoms with van der Waals surface area (Å²) in [7, 11) is 4.11. The lowest BCUT2D eigenvalue weighted by atomic mass is 10.1. The van der Waals surface area contributed by atoms with E-state index in [-0.39, 0.29) is 12.4 Å². The van der Waals surface area contributed by atoms with Crippen LogP contribution in [0.3, 0.4) is 0 Å². The van der Waals surface area contributed by atoms with Crippen molar-refractivity contribution >= 4 is 11.8 Å². The van der Waals surface area contributed by atoms with Gasteiger partial charge in [-0.15, -0.1) is 0 Å². The highest BCUT2D eigenvalue weighted by Gasteiger charge is 2.01. The third kappa shape index (κ3) is 5.54. The third-order valence-corrected chi connectivity index (χ3v) is 3.32. The highest BCUT2D eigenvalue weighted by atomic mass is 32.2. The van der Waals surface area contributed by atoms with E-state index in [0.29, 0.717) is 5.56 Å². The maximum atomic E-state index is 13.4. The standard InChI is InChI=1S/C14H19FN2S/c1-17(2)8-9-18-11-12-5-6-14(15)13(10-12)4-3-7-16/h5-6,10H,7-9,11,16H2,1-2H3. The average molecular weight is 266 g/mol. The Balaban J connectivity index is 2.56. The number of rotatable bonds is 5. The molecule has 0 aliphatic heterocycles. The van der Waals surface area contributed by atoms with E-state index in [1.807, 2.05) is 17.8 Å². The molecular formula is C14H19FN2S. The number of hydrogen-bond acceptors (Lipinski definition) is 3. The number of nitrogens with two attached hydrogens (primary N) is 1. The Bertz CT molecular complexity index is 435. The molecule has 0 bridgehead atoms. The van der Waals surface area contributed by atoms with Crippen molar-refractivity contribution in [3.05, 3.63) is 35.1 Å². The maximum absolute atomic E-state index is 13.4. The van der Waals surface area contributed by atoms with Gasteiger partial charge in [0.05, 0.1) is 12.1 Å². The van der Waals surface area contributed by atoms with E-state index < -0.39 is 0 Å². The summed E-state index contributed by atoms with van der Waals surface area (Å²) >= 11 is 1.84. The summed E-state index contributed by atoms with van der Waals surface area (Å²) in [6.07, 6.45) is 0. The molecule has 4 heteroatoms. The molecular weight excluding hydrogens is 247 g/mol. The Morgan fingerprint density at radius 2 is 2.17 bits per heavy atom. The highest BCUT2D eigenvalue weighted by molar-refractivity contribution is 7.98. The van der Waals surface area contributed by atoms with Crippen molar-refractivity contribution in [2.45, 2.75) is 5.75 Å². The SMILES string of the molecule is CN(C)CCSCc1ccc(F)c(C#CCN)c1. The van der Waals surface area contributed by atoms with Crippen LogP contribution in [0.2, 0.25) is 0 Å². The van der Waals surface area contributed by atoms with Crippen LogP contribution in [0.15, 0.2) is 18.2 Å². The van der Waals surface area contributed by atoms with Crippen molar-refractivity contribution in [1.29, 1.82) is 0 Å². The van der Waals surface area contributed by atoms with E-state index in [2.05, 4.69) is 30.8 Å². The fourth-order valence-corrected chi connectivity index (χ4v) is 2.40. The van der Waals surface area contributed by atoms with Crippen LogP contribution in [0, 0.1) is 17.7 Å². The second-order valence-corrected chi connectivity index (χ2v) is 5.28. The van der Waals surface area contributed by atoms with Crippen molar-refractivity contribution in [3.8, 4) is 11.8 Å². The quantitative estimate of drug-likeness (QED) is 0.652. The summed E-state index contributed by atoms with van der Waals surface area (Å²) in [5, 5.41) is 0. The molecule has 98 valence electrons. The van der Waals surface area contributed by atoms with Crippen LogP contribution < -0.4 is 5.73 Å². The van der Waals surface area contributed by atoms with Gasteiger partial charge in [0.25, 0.3) is 0 Å². The van der Waals surface area contributed by atoms with Crippen LogP contribution >= 0.6 is 11.8 Å². The van der Waals surface area contributed by atoms with Crippen molar-refractivity contribution in [3.63, 3.8) is 0 Å². The van der Waals surface area contributed by atoms with Gasteiger partial charge in [0.2, 0.25) is 0 Å². The van der Waals surface area contributed by atoms with E-state index in [1.54, 1.807) is 6.07 Å². The minimum Gasteiger partial charge on any atom is -0.320 e. The lowest BCUT2D eigenvalue weighted by Gasteiger charge is -2.08. The van der Waals surface area contributed by atoms with E-state index in [4.69, 9.17) is 5.73 Å². The molecule has 18 heavy (non-hydrogen) atoms. The van der Waals surface area contributed by atoms with Crippen molar-refractivity contribution < 1.29 is 4.39 Å². The van der Waals surface area contributed by atoms with Crippen LogP contribution in [0.25, 0.3) is 0 Å². The summed E-state index contributed by atoms with van der Waals surface area (Å²) in [5.74, 6) is 7.10. The Morgan fingerprint density at radius 3 is 2.83 bits per heavy atom. The molecule has 1 rings (SSSR count). The van der Waals surface area contributed by atoms with Crippen LogP contribution in [0.1, 0.15) is 11.1 Å². The molecule has 0 aliphatic carbocycles. The molecule has 0 fully saturated rings. The molecule has 0 atom stereocenters. The first-order valence-corrected chi connectivity index (χ1v) is 6.99. The lowest BCUT2D eigenvalue weighted by molar-refractivity contribution is 0.437. The Kier molecular flexibility index (Phi) is 6.81. The largest absolute Gasteiger partial charge is 0.320 e. The smallest absolute Gasteiger partial charge is 0.138 e.